The van der Waals surface area contributed by atoms with Gasteiger partial charge in [0.05, 0.1) is 18.2 Å². The third kappa shape index (κ3) is 3.30. The predicted molar refractivity (Wildman–Crippen MR) is 126 cm³/mol. The molecule has 5 rings (SSSR count). The molecule has 5 aromatic rings. The predicted octanol–water partition coefficient (Wildman–Crippen LogP) is 5.97. The van der Waals surface area contributed by atoms with Crippen molar-refractivity contribution in [1.82, 2.24) is 19.7 Å². The Morgan fingerprint density at radius 2 is 1.50 bits per heavy atom. The van der Waals surface area contributed by atoms with Gasteiger partial charge in [0.1, 0.15) is 5.39 Å². The molecule has 2 aromatic heterocycles. The zero-order valence-electron chi connectivity index (χ0n) is 15.5. The maximum atomic E-state index is 12.2. The van der Waals surface area contributed by atoms with Gasteiger partial charge in [0.15, 0.2) is 5.65 Å². The third-order valence-electron chi connectivity index (χ3n) is 4.93. The van der Waals surface area contributed by atoms with Gasteiger partial charge in [-0.3, -0.25) is 4.79 Å². The molecule has 0 radical (unpaired) electrons. The molecular formula is C23H14Br2N4O. The fourth-order valence-corrected chi connectivity index (χ4v) is 4.07. The number of nitrogens with one attached hydrogen (secondary N) is 1. The Morgan fingerprint density at radius 3 is 2.20 bits per heavy atom. The van der Waals surface area contributed by atoms with Crippen LogP contribution in [0.5, 0.6) is 0 Å². The Bertz CT molecular complexity index is 1420. The first-order chi connectivity index (χ1) is 14.6. The summed E-state index contributed by atoms with van der Waals surface area (Å²) in [5.41, 5.74) is 5.37. The quantitative estimate of drug-likeness (QED) is 0.318. The normalized spacial score (nSPS) is 11.1. The summed E-state index contributed by atoms with van der Waals surface area (Å²) >= 11 is 7.03. The molecule has 0 unspecified atom stereocenters. The van der Waals surface area contributed by atoms with Crippen LogP contribution < -0.4 is 5.56 Å². The average molecular weight is 522 g/mol. The highest BCUT2D eigenvalue weighted by Crippen LogP contribution is 2.38. The number of hydrogen-bond acceptors (Lipinski definition) is 3. The van der Waals surface area contributed by atoms with Gasteiger partial charge in [-0.05, 0) is 47.0 Å². The van der Waals surface area contributed by atoms with E-state index in [0.717, 1.165) is 36.9 Å². The first kappa shape index (κ1) is 19.0. The lowest BCUT2D eigenvalue weighted by atomic mass is 9.93. The highest BCUT2D eigenvalue weighted by Gasteiger charge is 2.17. The molecule has 3 aromatic carbocycles. The van der Waals surface area contributed by atoms with Gasteiger partial charge in [-0.25, -0.2) is 9.67 Å². The molecule has 146 valence electrons. The standard InChI is InChI=1S/C23H14Br2N4O/c24-16-8-4-14(5-9-16)18-2-1-3-20(21(18)15-6-10-17(25)11-7-15)29-22-19(12-28-29)23(30)27-13-26-22/h1-13H,(H,26,27,30). The Kier molecular flexibility index (Phi) is 4.84. The molecule has 7 heteroatoms. The van der Waals surface area contributed by atoms with E-state index in [4.69, 9.17) is 0 Å². The zero-order chi connectivity index (χ0) is 20.7. The summed E-state index contributed by atoms with van der Waals surface area (Å²) in [6.45, 7) is 0. The van der Waals surface area contributed by atoms with Crippen molar-refractivity contribution < 1.29 is 0 Å². The first-order valence-corrected chi connectivity index (χ1v) is 10.8. The van der Waals surface area contributed by atoms with E-state index >= 15 is 0 Å². The van der Waals surface area contributed by atoms with E-state index in [1.54, 1.807) is 10.9 Å². The van der Waals surface area contributed by atoms with Crippen molar-refractivity contribution in [3.63, 3.8) is 0 Å². The van der Waals surface area contributed by atoms with E-state index in [9.17, 15) is 4.79 Å². The van der Waals surface area contributed by atoms with Crippen LogP contribution in [0.25, 0.3) is 39.0 Å². The lowest BCUT2D eigenvalue weighted by molar-refractivity contribution is 0.896. The van der Waals surface area contributed by atoms with Crippen molar-refractivity contribution >= 4 is 42.9 Å². The molecule has 5 nitrogen and oxygen atoms in total. The van der Waals surface area contributed by atoms with Crippen LogP contribution in [0.3, 0.4) is 0 Å². The summed E-state index contributed by atoms with van der Waals surface area (Å²) in [5.74, 6) is 0. The van der Waals surface area contributed by atoms with Crippen LogP contribution in [-0.4, -0.2) is 19.7 Å². The minimum atomic E-state index is -0.208. The number of hydrogen-bond donors (Lipinski definition) is 1. The highest BCUT2D eigenvalue weighted by molar-refractivity contribution is 9.10. The molecule has 0 bridgehead atoms. The molecule has 0 saturated heterocycles. The molecule has 2 heterocycles. The van der Waals surface area contributed by atoms with Crippen molar-refractivity contribution in [2.24, 2.45) is 0 Å². The third-order valence-corrected chi connectivity index (χ3v) is 5.99. The van der Waals surface area contributed by atoms with Gasteiger partial charge in [-0.15, -0.1) is 0 Å². The molecular weight excluding hydrogens is 508 g/mol. The van der Waals surface area contributed by atoms with E-state index in [2.05, 4.69) is 77.3 Å². The maximum absolute atomic E-state index is 12.2. The number of aromatic amines is 1. The van der Waals surface area contributed by atoms with Crippen molar-refractivity contribution in [1.29, 1.82) is 0 Å². The summed E-state index contributed by atoms with van der Waals surface area (Å²) in [6.07, 6.45) is 2.96. The SMILES string of the molecule is O=c1[nH]cnc2c1cnn2-c1cccc(-c2ccc(Br)cc2)c1-c1ccc(Br)cc1. The number of aromatic nitrogens is 4. The van der Waals surface area contributed by atoms with Crippen LogP contribution in [0.4, 0.5) is 0 Å². The number of halogens is 2. The molecule has 0 amide bonds. The maximum Gasteiger partial charge on any atom is 0.261 e. The van der Waals surface area contributed by atoms with E-state index in [1.165, 1.54) is 6.33 Å². The average Bonchev–Trinajstić information content (AvgIpc) is 3.20. The Balaban J connectivity index is 1.84. The van der Waals surface area contributed by atoms with Gasteiger partial charge in [0, 0.05) is 14.5 Å². The Morgan fingerprint density at radius 1 is 0.833 bits per heavy atom. The molecule has 30 heavy (non-hydrogen) atoms. The Labute approximate surface area is 188 Å². The van der Waals surface area contributed by atoms with Crippen molar-refractivity contribution in [3.05, 3.63) is 98.6 Å². The van der Waals surface area contributed by atoms with Crippen LogP contribution in [0.2, 0.25) is 0 Å². The van der Waals surface area contributed by atoms with Crippen molar-refractivity contribution in [3.8, 4) is 27.9 Å². The number of fused-ring (bicyclic) bond motifs is 1. The minimum absolute atomic E-state index is 0.208. The van der Waals surface area contributed by atoms with Crippen molar-refractivity contribution in [2.75, 3.05) is 0 Å². The smallest absolute Gasteiger partial charge is 0.261 e. The van der Waals surface area contributed by atoms with Crippen LogP contribution in [0.1, 0.15) is 0 Å². The highest BCUT2D eigenvalue weighted by atomic mass is 79.9. The lowest BCUT2D eigenvalue weighted by Gasteiger charge is -2.16. The fourth-order valence-electron chi connectivity index (χ4n) is 3.54. The first-order valence-electron chi connectivity index (χ1n) is 9.18. The van der Waals surface area contributed by atoms with E-state index in [1.807, 2.05) is 36.4 Å². The van der Waals surface area contributed by atoms with Crippen LogP contribution in [0, 0.1) is 0 Å². The van der Waals surface area contributed by atoms with Crippen molar-refractivity contribution in [2.45, 2.75) is 0 Å². The largest absolute Gasteiger partial charge is 0.312 e. The van der Waals surface area contributed by atoms with E-state index in [0.29, 0.717) is 11.0 Å². The molecule has 0 aliphatic rings. The monoisotopic (exact) mass is 520 g/mol. The number of rotatable bonds is 3. The van der Waals surface area contributed by atoms with Gasteiger partial charge >= 0.3 is 0 Å². The summed E-state index contributed by atoms with van der Waals surface area (Å²) in [5, 5.41) is 4.95. The van der Waals surface area contributed by atoms with Gasteiger partial charge in [0.25, 0.3) is 5.56 Å². The summed E-state index contributed by atoms with van der Waals surface area (Å²) in [7, 11) is 0. The van der Waals surface area contributed by atoms with Crippen LogP contribution in [0.15, 0.2) is 93.0 Å². The minimum Gasteiger partial charge on any atom is -0.312 e. The van der Waals surface area contributed by atoms with E-state index < -0.39 is 0 Å². The van der Waals surface area contributed by atoms with Gasteiger partial charge in [-0.1, -0.05) is 68.3 Å². The van der Waals surface area contributed by atoms with Crippen LogP contribution in [-0.2, 0) is 0 Å². The second-order valence-corrected chi connectivity index (χ2v) is 8.57. The molecule has 0 aliphatic heterocycles. The topological polar surface area (TPSA) is 63.6 Å². The Hall–Kier alpha value is -3.03. The molecule has 0 atom stereocenters. The fraction of sp³-hybridized carbons (Fsp3) is 0. The summed E-state index contributed by atoms with van der Waals surface area (Å²) in [4.78, 5) is 19.2. The number of nitrogens with zero attached hydrogens (tertiary/aromatic N) is 3. The van der Waals surface area contributed by atoms with Gasteiger partial charge < -0.3 is 4.98 Å². The molecule has 1 N–H and O–H groups in total. The molecule has 0 fully saturated rings. The lowest BCUT2D eigenvalue weighted by Crippen LogP contribution is -2.07. The second kappa shape index (κ2) is 7.66. The van der Waals surface area contributed by atoms with Gasteiger partial charge in [0.2, 0.25) is 0 Å². The van der Waals surface area contributed by atoms with Gasteiger partial charge in [-0.2, -0.15) is 5.10 Å². The summed E-state index contributed by atoms with van der Waals surface area (Å²) < 4.78 is 3.75. The molecule has 0 saturated carbocycles. The zero-order valence-corrected chi connectivity index (χ0v) is 18.7. The molecule has 0 spiro atoms. The number of benzene rings is 3. The number of H-pyrrole nitrogens is 1. The molecule has 0 aliphatic carbocycles. The van der Waals surface area contributed by atoms with E-state index in [-0.39, 0.29) is 5.56 Å². The summed E-state index contributed by atoms with van der Waals surface area (Å²) in [6, 6.07) is 22.5. The second-order valence-electron chi connectivity index (χ2n) is 6.74. The van der Waals surface area contributed by atoms with Crippen LogP contribution >= 0.6 is 31.9 Å².